The fraction of sp³-hybridized carbons (Fsp3) is 0.786. The van der Waals surface area contributed by atoms with Crippen molar-refractivity contribution in [1.82, 2.24) is 4.98 Å². The molecule has 0 aromatic carbocycles. The van der Waals surface area contributed by atoms with Gasteiger partial charge in [-0.2, -0.15) is 0 Å². The van der Waals surface area contributed by atoms with Gasteiger partial charge in [0.1, 0.15) is 0 Å². The number of aryl methyl sites for hydroxylation is 1. The normalized spacial score (nSPS) is 24.6. The van der Waals surface area contributed by atoms with E-state index in [9.17, 15) is 0 Å². The van der Waals surface area contributed by atoms with Crippen LogP contribution in [0.4, 0.5) is 5.13 Å². The van der Waals surface area contributed by atoms with Gasteiger partial charge in [-0.05, 0) is 32.1 Å². The minimum absolute atomic E-state index is 0.602. The van der Waals surface area contributed by atoms with E-state index in [4.69, 9.17) is 10.7 Å². The Kier molecular flexibility index (Phi) is 4.62. The quantitative estimate of drug-likeness (QED) is 0.911. The van der Waals surface area contributed by atoms with Crippen LogP contribution in [0.25, 0.3) is 0 Å². The van der Waals surface area contributed by atoms with Crippen molar-refractivity contribution in [3.63, 3.8) is 0 Å². The van der Waals surface area contributed by atoms with Crippen LogP contribution < -0.4 is 10.6 Å². The molecule has 0 amide bonds. The Morgan fingerprint density at radius 3 is 2.89 bits per heavy atom. The van der Waals surface area contributed by atoms with E-state index in [-0.39, 0.29) is 0 Å². The minimum atomic E-state index is 0.602. The lowest BCUT2D eigenvalue weighted by Crippen LogP contribution is -2.42. The molecule has 1 aliphatic heterocycles. The third-order valence-corrected chi connectivity index (χ3v) is 5.22. The maximum Gasteiger partial charge on any atom is 0.186 e. The second-order valence-electron chi connectivity index (χ2n) is 5.37. The number of hydrogen-bond acceptors (Lipinski definition) is 4. The van der Waals surface area contributed by atoms with Crippen molar-refractivity contribution < 1.29 is 0 Å². The summed E-state index contributed by atoms with van der Waals surface area (Å²) in [6.45, 7) is 8.65. The van der Waals surface area contributed by atoms with Crippen LogP contribution >= 0.6 is 11.3 Å². The first-order valence-corrected chi connectivity index (χ1v) is 7.94. The highest BCUT2D eigenvalue weighted by Gasteiger charge is 2.27. The largest absolute Gasteiger partial charge is 0.345 e. The van der Waals surface area contributed by atoms with Gasteiger partial charge in [0.25, 0.3) is 0 Å². The van der Waals surface area contributed by atoms with E-state index in [1.165, 1.54) is 28.5 Å². The Bertz CT molecular complexity index is 388. The summed E-state index contributed by atoms with van der Waals surface area (Å²) in [4.78, 5) is 8.60. The molecule has 0 aliphatic carbocycles. The number of nitrogens with zero attached hydrogens (tertiary/aromatic N) is 2. The summed E-state index contributed by atoms with van der Waals surface area (Å²) >= 11 is 1.80. The van der Waals surface area contributed by atoms with E-state index in [0.29, 0.717) is 12.6 Å². The molecule has 1 aromatic rings. The average Bonchev–Trinajstić information content (AvgIpc) is 2.76. The second-order valence-corrected chi connectivity index (χ2v) is 6.44. The highest BCUT2D eigenvalue weighted by Crippen LogP contribution is 2.33. The number of nitrogens with two attached hydrogens (primary N) is 1. The summed E-state index contributed by atoms with van der Waals surface area (Å²) < 4.78 is 0. The molecule has 2 N–H and O–H groups in total. The summed E-state index contributed by atoms with van der Waals surface area (Å²) in [6, 6.07) is 0.602. The highest BCUT2D eigenvalue weighted by molar-refractivity contribution is 7.15. The zero-order valence-corrected chi connectivity index (χ0v) is 12.6. The zero-order valence-electron chi connectivity index (χ0n) is 11.8. The third-order valence-electron chi connectivity index (χ3n) is 4.06. The van der Waals surface area contributed by atoms with Gasteiger partial charge >= 0.3 is 0 Å². The molecule has 0 bridgehead atoms. The first kappa shape index (κ1) is 13.8. The smallest absolute Gasteiger partial charge is 0.186 e. The molecule has 0 radical (unpaired) electrons. The van der Waals surface area contributed by atoms with Crippen molar-refractivity contribution in [3.05, 3.63) is 10.6 Å². The summed E-state index contributed by atoms with van der Waals surface area (Å²) in [5.74, 6) is 0.763. The Labute approximate surface area is 114 Å². The van der Waals surface area contributed by atoms with Crippen molar-refractivity contribution >= 4 is 16.5 Å². The summed E-state index contributed by atoms with van der Waals surface area (Å²) in [5.41, 5.74) is 7.06. The zero-order chi connectivity index (χ0) is 13.1. The average molecular weight is 267 g/mol. The molecule has 1 saturated heterocycles. The van der Waals surface area contributed by atoms with E-state index in [1.807, 2.05) is 0 Å². The van der Waals surface area contributed by atoms with Crippen molar-refractivity contribution in [2.75, 3.05) is 11.4 Å². The van der Waals surface area contributed by atoms with Crippen molar-refractivity contribution in [3.8, 4) is 0 Å². The number of rotatable bonds is 4. The monoisotopic (exact) mass is 267 g/mol. The summed E-state index contributed by atoms with van der Waals surface area (Å²) in [7, 11) is 0. The van der Waals surface area contributed by atoms with Gasteiger partial charge in [-0.25, -0.2) is 4.98 Å². The molecule has 2 unspecified atom stereocenters. The van der Waals surface area contributed by atoms with Crippen LogP contribution in [-0.2, 0) is 13.0 Å². The van der Waals surface area contributed by atoms with E-state index in [2.05, 4.69) is 25.7 Å². The van der Waals surface area contributed by atoms with Crippen LogP contribution in [0.5, 0.6) is 0 Å². The highest BCUT2D eigenvalue weighted by atomic mass is 32.1. The Balaban J connectivity index is 2.21. The summed E-state index contributed by atoms with van der Waals surface area (Å²) in [5, 5.41) is 1.19. The van der Waals surface area contributed by atoms with E-state index < -0.39 is 0 Å². The fourth-order valence-electron chi connectivity index (χ4n) is 2.69. The van der Waals surface area contributed by atoms with Crippen LogP contribution in [0, 0.1) is 5.92 Å². The number of anilines is 1. The number of piperidine rings is 1. The van der Waals surface area contributed by atoms with Gasteiger partial charge < -0.3 is 10.6 Å². The Hall–Kier alpha value is -0.610. The van der Waals surface area contributed by atoms with Crippen LogP contribution in [0.1, 0.15) is 50.6 Å². The van der Waals surface area contributed by atoms with E-state index >= 15 is 0 Å². The molecule has 2 rings (SSSR count). The van der Waals surface area contributed by atoms with E-state index in [0.717, 1.165) is 25.3 Å². The number of thiazole rings is 1. The molecular weight excluding hydrogens is 242 g/mol. The lowest BCUT2D eigenvalue weighted by molar-refractivity contribution is 0.363. The van der Waals surface area contributed by atoms with Crippen LogP contribution in [-0.4, -0.2) is 17.6 Å². The van der Waals surface area contributed by atoms with Gasteiger partial charge in [0.15, 0.2) is 5.13 Å². The van der Waals surface area contributed by atoms with Crippen LogP contribution in [0.2, 0.25) is 0 Å². The number of aromatic nitrogens is 1. The first-order valence-electron chi connectivity index (χ1n) is 7.12. The molecule has 18 heavy (non-hydrogen) atoms. The molecule has 1 aromatic heterocycles. The van der Waals surface area contributed by atoms with Crippen molar-refractivity contribution in [1.29, 1.82) is 0 Å². The third kappa shape index (κ3) is 2.69. The van der Waals surface area contributed by atoms with Gasteiger partial charge in [-0.1, -0.05) is 20.3 Å². The van der Waals surface area contributed by atoms with Gasteiger partial charge in [0.2, 0.25) is 0 Å². The van der Waals surface area contributed by atoms with Gasteiger partial charge in [0.05, 0.1) is 5.69 Å². The first-order chi connectivity index (χ1) is 8.67. The molecule has 3 nitrogen and oxygen atoms in total. The second kappa shape index (κ2) is 6.02. The van der Waals surface area contributed by atoms with Crippen molar-refractivity contribution in [2.24, 2.45) is 11.7 Å². The Morgan fingerprint density at radius 2 is 2.22 bits per heavy atom. The molecule has 2 atom stereocenters. The predicted molar refractivity (Wildman–Crippen MR) is 79.2 cm³/mol. The number of hydrogen-bond donors (Lipinski definition) is 1. The van der Waals surface area contributed by atoms with E-state index in [1.54, 1.807) is 11.3 Å². The maximum atomic E-state index is 5.84. The molecule has 4 heteroatoms. The SMILES string of the molecule is CCCc1nc(N2CCCC(C)C2C)sc1CN. The fourth-order valence-corrected chi connectivity index (χ4v) is 3.79. The summed E-state index contributed by atoms with van der Waals surface area (Å²) in [6.07, 6.45) is 4.82. The predicted octanol–water partition coefficient (Wildman–Crippen LogP) is 3.18. The van der Waals surface area contributed by atoms with Crippen LogP contribution in [0.15, 0.2) is 0 Å². The standard InChI is InChI=1S/C14H25N3S/c1-4-6-12-13(9-15)18-14(16-12)17-8-5-7-10(2)11(17)3/h10-11H,4-9,15H2,1-3H3. The maximum absolute atomic E-state index is 5.84. The molecule has 0 saturated carbocycles. The van der Waals surface area contributed by atoms with Crippen LogP contribution in [0.3, 0.4) is 0 Å². The van der Waals surface area contributed by atoms with Gasteiger partial charge in [-0.15, -0.1) is 11.3 Å². The lowest BCUT2D eigenvalue weighted by atomic mass is 9.93. The lowest BCUT2D eigenvalue weighted by Gasteiger charge is -2.37. The molecule has 0 spiro atoms. The topological polar surface area (TPSA) is 42.2 Å². The van der Waals surface area contributed by atoms with Crippen molar-refractivity contribution in [2.45, 2.75) is 59.0 Å². The molecule has 2 heterocycles. The molecule has 1 fully saturated rings. The minimum Gasteiger partial charge on any atom is -0.345 e. The van der Waals surface area contributed by atoms with Gasteiger partial charge in [0, 0.05) is 24.0 Å². The molecular formula is C14H25N3S. The molecule has 102 valence electrons. The molecule has 1 aliphatic rings. The Morgan fingerprint density at radius 1 is 1.44 bits per heavy atom. The van der Waals surface area contributed by atoms with Gasteiger partial charge in [-0.3, -0.25) is 0 Å².